The molecule has 0 aliphatic carbocycles. The van der Waals surface area contributed by atoms with Crippen LogP contribution >= 0.6 is 0 Å². The van der Waals surface area contributed by atoms with Crippen LogP contribution in [0.1, 0.15) is 0 Å². The zero-order chi connectivity index (χ0) is 32.6. The Labute approximate surface area is 283 Å². The summed E-state index contributed by atoms with van der Waals surface area (Å²) in [5.41, 5.74) is 12.6. The summed E-state index contributed by atoms with van der Waals surface area (Å²) in [6.45, 7) is 0. The van der Waals surface area contributed by atoms with E-state index in [0.717, 1.165) is 72.6 Å². The highest BCUT2D eigenvalue weighted by molar-refractivity contribution is 5.86. The first-order chi connectivity index (χ1) is 24.2. The van der Waals surface area contributed by atoms with E-state index in [2.05, 4.69) is 132 Å². The fourth-order valence-corrected chi connectivity index (χ4v) is 6.28. The van der Waals surface area contributed by atoms with Crippen LogP contribution in [-0.2, 0) is 0 Å². The fraction of sp³-hybridized carbons (Fsp3) is 0. The first kappa shape index (κ1) is 28.5. The van der Waals surface area contributed by atoms with E-state index >= 15 is 0 Å². The van der Waals surface area contributed by atoms with Crippen LogP contribution in [0.2, 0.25) is 0 Å². The Balaban J connectivity index is 1.18. The average molecular weight is 632 g/mol. The Bertz CT molecular complexity index is 2290. The lowest BCUT2D eigenvalue weighted by Crippen LogP contribution is -2.10. The van der Waals surface area contributed by atoms with Gasteiger partial charge in [-0.1, -0.05) is 84.9 Å². The van der Waals surface area contributed by atoms with Crippen molar-refractivity contribution in [3.8, 4) is 45.2 Å². The molecular weight excluding hydrogens is 603 g/mol. The lowest BCUT2D eigenvalue weighted by molar-refractivity contribution is 0.619. The number of nitrogens with zero attached hydrogens (tertiary/aromatic N) is 3. The second kappa shape index (κ2) is 12.1. The molecule has 9 rings (SSSR count). The number of para-hydroxylation sites is 4. The van der Waals surface area contributed by atoms with Gasteiger partial charge in [0, 0.05) is 28.2 Å². The Morgan fingerprint density at radius 2 is 0.735 bits per heavy atom. The van der Waals surface area contributed by atoms with E-state index in [1.165, 1.54) is 0 Å². The van der Waals surface area contributed by atoms with Gasteiger partial charge >= 0.3 is 0 Å². The molecule has 0 fully saturated rings. The highest BCUT2D eigenvalue weighted by atomic mass is 16.4. The standard InChI is InChI=1S/C44H29N3O2/c1-3-11-30(12-4-1)34-27-35(31-13-5-2-6-14-31)29-38(28-34)47(36-23-19-32(20-24-36)43-45-39-15-7-9-17-41(39)48-43)37-25-21-33(22-26-37)44-46-40-16-8-10-18-42(40)49-44/h1-29H. The van der Waals surface area contributed by atoms with Crippen LogP contribution in [-0.4, -0.2) is 9.97 Å². The van der Waals surface area contributed by atoms with E-state index in [9.17, 15) is 0 Å². The first-order valence-corrected chi connectivity index (χ1v) is 16.2. The molecule has 0 unspecified atom stereocenters. The highest BCUT2D eigenvalue weighted by Crippen LogP contribution is 2.41. The molecule has 9 aromatic rings. The van der Waals surface area contributed by atoms with Crippen molar-refractivity contribution < 1.29 is 8.83 Å². The van der Waals surface area contributed by atoms with Crippen molar-refractivity contribution in [3.05, 3.63) is 176 Å². The van der Waals surface area contributed by atoms with Crippen molar-refractivity contribution in [1.29, 1.82) is 0 Å². The number of oxazole rings is 2. The molecule has 0 saturated carbocycles. The van der Waals surface area contributed by atoms with E-state index in [1.807, 2.05) is 48.5 Å². The molecule has 0 saturated heterocycles. The molecule has 2 aromatic heterocycles. The van der Waals surface area contributed by atoms with Gasteiger partial charge in [0.25, 0.3) is 0 Å². The van der Waals surface area contributed by atoms with Crippen LogP contribution in [0.3, 0.4) is 0 Å². The maximum Gasteiger partial charge on any atom is 0.227 e. The molecule has 5 heteroatoms. The zero-order valence-corrected chi connectivity index (χ0v) is 26.4. The summed E-state index contributed by atoms with van der Waals surface area (Å²) in [5, 5.41) is 0. The third-order valence-electron chi connectivity index (χ3n) is 8.72. The van der Waals surface area contributed by atoms with Crippen molar-refractivity contribution in [3.63, 3.8) is 0 Å². The maximum absolute atomic E-state index is 6.09. The van der Waals surface area contributed by atoms with E-state index in [-0.39, 0.29) is 0 Å². The minimum atomic E-state index is 0.597. The monoisotopic (exact) mass is 631 g/mol. The highest BCUT2D eigenvalue weighted by Gasteiger charge is 2.18. The number of aromatic nitrogens is 2. The van der Waals surface area contributed by atoms with E-state index in [1.54, 1.807) is 0 Å². The SMILES string of the molecule is c1ccc(-c2cc(-c3ccccc3)cc(N(c3ccc(-c4nc5ccccc5o4)cc3)c3ccc(-c4nc5ccccc5o4)cc3)c2)cc1. The van der Waals surface area contributed by atoms with Crippen molar-refractivity contribution in [2.24, 2.45) is 0 Å². The smallest absolute Gasteiger partial charge is 0.227 e. The Hall–Kier alpha value is -6.72. The number of fused-ring (bicyclic) bond motifs is 2. The van der Waals surface area contributed by atoms with Crippen molar-refractivity contribution in [2.45, 2.75) is 0 Å². The van der Waals surface area contributed by atoms with Gasteiger partial charge in [-0.05, 0) is 113 Å². The molecule has 0 radical (unpaired) electrons. The van der Waals surface area contributed by atoms with Crippen LogP contribution in [0, 0.1) is 0 Å². The minimum absolute atomic E-state index is 0.597. The summed E-state index contributed by atoms with van der Waals surface area (Å²) in [5.74, 6) is 1.19. The zero-order valence-electron chi connectivity index (χ0n) is 26.4. The number of rotatable bonds is 7. The average Bonchev–Trinajstić information content (AvgIpc) is 3.81. The molecular formula is C44H29N3O2. The second-order valence-corrected chi connectivity index (χ2v) is 11.9. The van der Waals surface area contributed by atoms with E-state index < -0.39 is 0 Å². The molecule has 232 valence electrons. The van der Waals surface area contributed by atoms with Crippen LogP contribution in [0.5, 0.6) is 0 Å². The fourth-order valence-electron chi connectivity index (χ4n) is 6.28. The second-order valence-electron chi connectivity index (χ2n) is 11.9. The lowest BCUT2D eigenvalue weighted by Gasteiger charge is -2.27. The number of benzene rings is 7. The normalized spacial score (nSPS) is 11.3. The Morgan fingerprint density at radius 1 is 0.327 bits per heavy atom. The van der Waals surface area contributed by atoms with Crippen molar-refractivity contribution in [2.75, 3.05) is 4.90 Å². The van der Waals surface area contributed by atoms with Crippen LogP contribution in [0.4, 0.5) is 17.1 Å². The summed E-state index contributed by atoms with van der Waals surface area (Å²) in [6.07, 6.45) is 0. The maximum atomic E-state index is 6.09. The summed E-state index contributed by atoms with van der Waals surface area (Å²) in [6, 6.07) is 60.2. The molecule has 0 aliphatic rings. The molecule has 7 aromatic carbocycles. The van der Waals surface area contributed by atoms with Gasteiger partial charge in [-0.15, -0.1) is 0 Å². The topological polar surface area (TPSA) is 55.3 Å². The molecule has 5 nitrogen and oxygen atoms in total. The molecule has 0 bridgehead atoms. The van der Waals surface area contributed by atoms with Gasteiger partial charge in [-0.25, -0.2) is 9.97 Å². The molecule has 0 N–H and O–H groups in total. The van der Waals surface area contributed by atoms with Gasteiger partial charge in [-0.3, -0.25) is 0 Å². The van der Waals surface area contributed by atoms with Crippen molar-refractivity contribution >= 4 is 39.3 Å². The van der Waals surface area contributed by atoms with Gasteiger partial charge in [0.15, 0.2) is 11.2 Å². The summed E-state index contributed by atoms with van der Waals surface area (Å²) >= 11 is 0. The largest absolute Gasteiger partial charge is 0.436 e. The predicted octanol–water partition coefficient (Wildman–Crippen LogP) is 12.1. The summed E-state index contributed by atoms with van der Waals surface area (Å²) in [7, 11) is 0. The molecule has 0 amide bonds. The van der Waals surface area contributed by atoms with Crippen LogP contribution < -0.4 is 4.90 Å². The third kappa shape index (κ3) is 5.53. The predicted molar refractivity (Wildman–Crippen MR) is 198 cm³/mol. The van der Waals surface area contributed by atoms with E-state index in [4.69, 9.17) is 18.8 Å². The van der Waals surface area contributed by atoms with Crippen molar-refractivity contribution in [1.82, 2.24) is 9.97 Å². The molecule has 2 heterocycles. The number of anilines is 3. The molecule has 0 atom stereocenters. The summed E-state index contributed by atoms with van der Waals surface area (Å²) in [4.78, 5) is 11.7. The van der Waals surface area contributed by atoms with Gasteiger partial charge in [0.1, 0.15) is 11.0 Å². The molecule has 49 heavy (non-hydrogen) atoms. The van der Waals surface area contributed by atoms with Gasteiger partial charge in [-0.2, -0.15) is 0 Å². The van der Waals surface area contributed by atoms with E-state index in [0.29, 0.717) is 11.8 Å². The number of hydrogen-bond acceptors (Lipinski definition) is 5. The lowest BCUT2D eigenvalue weighted by atomic mass is 9.97. The van der Waals surface area contributed by atoms with Crippen LogP contribution in [0.25, 0.3) is 67.4 Å². The molecule has 0 aliphatic heterocycles. The Kier molecular flexibility index (Phi) is 7.06. The first-order valence-electron chi connectivity index (χ1n) is 16.2. The number of hydrogen-bond donors (Lipinski definition) is 0. The van der Waals surface area contributed by atoms with Gasteiger partial charge in [0.05, 0.1) is 0 Å². The van der Waals surface area contributed by atoms with Gasteiger partial charge < -0.3 is 13.7 Å². The van der Waals surface area contributed by atoms with Crippen LogP contribution in [0.15, 0.2) is 185 Å². The summed E-state index contributed by atoms with van der Waals surface area (Å²) < 4.78 is 12.2. The minimum Gasteiger partial charge on any atom is -0.436 e. The quantitative estimate of drug-likeness (QED) is 0.175. The Morgan fingerprint density at radius 3 is 1.16 bits per heavy atom. The third-order valence-corrected chi connectivity index (χ3v) is 8.72. The molecule has 0 spiro atoms. The van der Waals surface area contributed by atoms with Gasteiger partial charge in [0.2, 0.25) is 11.8 Å².